The predicted molar refractivity (Wildman–Crippen MR) is 93.0 cm³/mol. The fourth-order valence-corrected chi connectivity index (χ4v) is 2.05. The minimum atomic E-state index is 0.844. The Hall–Kier alpha value is -1.60. The molecule has 2 rings (SSSR count). The summed E-state index contributed by atoms with van der Waals surface area (Å²) in [6.07, 6.45) is 0. The van der Waals surface area contributed by atoms with Gasteiger partial charge in [0.1, 0.15) is 0 Å². The van der Waals surface area contributed by atoms with Crippen LogP contribution in [0, 0.1) is 27.7 Å². The molecular formula is C20H28O. The van der Waals surface area contributed by atoms with E-state index in [1.54, 1.807) is 0 Å². The molecule has 114 valence electrons. The van der Waals surface area contributed by atoms with Gasteiger partial charge in [-0.3, -0.25) is 0 Å². The Morgan fingerprint density at radius 3 is 1.24 bits per heavy atom. The summed E-state index contributed by atoms with van der Waals surface area (Å²) in [5, 5.41) is 0. The molecule has 21 heavy (non-hydrogen) atoms. The van der Waals surface area contributed by atoms with Gasteiger partial charge in [0, 0.05) is 13.2 Å². The highest BCUT2D eigenvalue weighted by Gasteiger charge is 2.01. The summed E-state index contributed by atoms with van der Waals surface area (Å²) in [6, 6.07) is 13.3. The molecular weight excluding hydrogens is 256 g/mol. The molecule has 0 saturated carbocycles. The molecule has 0 amide bonds. The first-order valence-corrected chi connectivity index (χ1v) is 7.72. The summed E-state index contributed by atoms with van der Waals surface area (Å²) in [5.74, 6) is 0. The zero-order valence-corrected chi connectivity index (χ0v) is 14.3. The fourth-order valence-electron chi connectivity index (χ4n) is 2.05. The largest absolute Gasteiger partial charge is 0.382 e. The van der Waals surface area contributed by atoms with Gasteiger partial charge in [-0.05, 0) is 74.9 Å². The minimum absolute atomic E-state index is 0.844. The van der Waals surface area contributed by atoms with Gasteiger partial charge in [0.25, 0.3) is 0 Å². The first kappa shape index (κ1) is 17.5. The SMILES string of the molecule is CCOCC.Cc1ccc(-c2ccc(C)c(C)c2)cc1C. The monoisotopic (exact) mass is 284 g/mol. The van der Waals surface area contributed by atoms with Crippen molar-refractivity contribution in [1.29, 1.82) is 0 Å². The maximum absolute atomic E-state index is 4.83. The van der Waals surface area contributed by atoms with Crippen LogP contribution in [0.3, 0.4) is 0 Å². The lowest BCUT2D eigenvalue weighted by molar-refractivity contribution is 0.162. The van der Waals surface area contributed by atoms with Crippen LogP contribution in [0.1, 0.15) is 36.1 Å². The van der Waals surface area contributed by atoms with Gasteiger partial charge < -0.3 is 4.74 Å². The molecule has 0 unspecified atom stereocenters. The fraction of sp³-hybridized carbons (Fsp3) is 0.400. The highest BCUT2D eigenvalue weighted by atomic mass is 16.5. The second-order valence-corrected chi connectivity index (χ2v) is 5.38. The van der Waals surface area contributed by atoms with Crippen LogP contribution in [0.4, 0.5) is 0 Å². The van der Waals surface area contributed by atoms with Gasteiger partial charge in [0.2, 0.25) is 0 Å². The van der Waals surface area contributed by atoms with Gasteiger partial charge in [0.05, 0.1) is 0 Å². The van der Waals surface area contributed by atoms with E-state index in [0.717, 1.165) is 13.2 Å². The Morgan fingerprint density at radius 2 is 1.00 bits per heavy atom. The maximum Gasteiger partial charge on any atom is 0.0437 e. The van der Waals surface area contributed by atoms with E-state index in [1.807, 2.05) is 13.8 Å². The molecule has 2 aromatic rings. The van der Waals surface area contributed by atoms with E-state index in [1.165, 1.54) is 33.4 Å². The van der Waals surface area contributed by atoms with Crippen molar-refractivity contribution in [1.82, 2.24) is 0 Å². The minimum Gasteiger partial charge on any atom is -0.382 e. The number of ether oxygens (including phenoxy) is 1. The molecule has 1 heteroatoms. The molecule has 0 N–H and O–H groups in total. The summed E-state index contributed by atoms with van der Waals surface area (Å²) >= 11 is 0. The van der Waals surface area contributed by atoms with Gasteiger partial charge in [0.15, 0.2) is 0 Å². The number of hydrogen-bond acceptors (Lipinski definition) is 1. The summed E-state index contributed by atoms with van der Waals surface area (Å²) in [4.78, 5) is 0. The summed E-state index contributed by atoms with van der Waals surface area (Å²) in [6.45, 7) is 14.3. The Balaban J connectivity index is 0.000000383. The van der Waals surface area contributed by atoms with Crippen molar-refractivity contribution in [2.24, 2.45) is 0 Å². The van der Waals surface area contributed by atoms with Gasteiger partial charge in [-0.1, -0.05) is 36.4 Å². The molecule has 0 spiro atoms. The van der Waals surface area contributed by atoms with Crippen molar-refractivity contribution in [3.63, 3.8) is 0 Å². The maximum atomic E-state index is 4.83. The topological polar surface area (TPSA) is 9.23 Å². The second kappa shape index (κ2) is 8.63. The third kappa shape index (κ3) is 5.35. The van der Waals surface area contributed by atoms with E-state index in [4.69, 9.17) is 4.74 Å². The van der Waals surface area contributed by atoms with Crippen molar-refractivity contribution in [2.75, 3.05) is 13.2 Å². The summed E-state index contributed by atoms with van der Waals surface area (Å²) in [5.41, 5.74) is 8.05. The molecule has 0 bridgehead atoms. The average Bonchev–Trinajstić information content (AvgIpc) is 2.46. The van der Waals surface area contributed by atoms with E-state index in [0.29, 0.717) is 0 Å². The molecule has 1 nitrogen and oxygen atoms in total. The summed E-state index contributed by atoms with van der Waals surface area (Å²) < 4.78 is 4.83. The van der Waals surface area contributed by atoms with E-state index in [2.05, 4.69) is 64.1 Å². The van der Waals surface area contributed by atoms with Crippen molar-refractivity contribution >= 4 is 0 Å². The third-order valence-electron chi connectivity index (χ3n) is 3.76. The first-order valence-electron chi connectivity index (χ1n) is 7.72. The van der Waals surface area contributed by atoms with Crippen molar-refractivity contribution < 1.29 is 4.74 Å². The summed E-state index contributed by atoms with van der Waals surface area (Å²) in [7, 11) is 0. The van der Waals surface area contributed by atoms with E-state index in [9.17, 15) is 0 Å². The molecule has 0 aliphatic rings. The van der Waals surface area contributed by atoms with Crippen molar-refractivity contribution in [3.8, 4) is 11.1 Å². The van der Waals surface area contributed by atoms with E-state index < -0.39 is 0 Å². The molecule has 0 radical (unpaired) electrons. The first-order chi connectivity index (χ1) is 9.99. The molecule has 0 fully saturated rings. The Bertz CT molecular complexity index is 519. The smallest absolute Gasteiger partial charge is 0.0437 e. The van der Waals surface area contributed by atoms with Gasteiger partial charge in [-0.25, -0.2) is 0 Å². The standard InChI is InChI=1S/C16H18.C4H10O/c1-11-5-7-15(9-13(11)3)16-8-6-12(2)14(4)10-16;1-3-5-4-2/h5-10H,1-4H3;3-4H2,1-2H3. The van der Waals surface area contributed by atoms with Crippen LogP contribution in [0.5, 0.6) is 0 Å². The number of hydrogen-bond donors (Lipinski definition) is 0. The zero-order valence-electron chi connectivity index (χ0n) is 14.3. The Morgan fingerprint density at radius 1 is 0.619 bits per heavy atom. The van der Waals surface area contributed by atoms with Gasteiger partial charge >= 0.3 is 0 Å². The van der Waals surface area contributed by atoms with E-state index >= 15 is 0 Å². The highest BCUT2D eigenvalue weighted by molar-refractivity contribution is 5.66. The molecule has 2 aromatic carbocycles. The molecule has 0 saturated heterocycles. The Kier molecular flexibility index (Phi) is 7.18. The lowest BCUT2D eigenvalue weighted by atomic mass is 9.98. The molecule has 0 atom stereocenters. The number of aryl methyl sites for hydroxylation is 4. The van der Waals surface area contributed by atoms with E-state index in [-0.39, 0.29) is 0 Å². The van der Waals surface area contributed by atoms with Crippen LogP contribution in [0.2, 0.25) is 0 Å². The van der Waals surface area contributed by atoms with Crippen molar-refractivity contribution in [2.45, 2.75) is 41.5 Å². The lowest BCUT2D eigenvalue weighted by Gasteiger charge is -2.08. The van der Waals surface area contributed by atoms with Crippen LogP contribution in [0.15, 0.2) is 36.4 Å². The normalized spacial score (nSPS) is 10.0. The van der Waals surface area contributed by atoms with Crippen LogP contribution in [0.25, 0.3) is 11.1 Å². The molecule has 0 aromatic heterocycles. The number of rotatable bonds is 3. The third-order valence-corrected chi connectivity index (χ3v) is 3.76. The van der Waals surface area contributed by atoms with Gasteiger partial charge in [-0.2, -0.15) is 0 Å². The van der Waals surface area contributed by atoms with Crippen molar-refractivity contribution in [3.05, 3.63) is 58.7 Å². The van der Waals surface area contributed by atoms with Crippen LogP contribution >= 0.6 is 0 Å². The predicted octanol–water partition coefficient (Wildman–Crippen LogP) is 5.63. The molecule has 0 aliphatic carbocycles. The average molecular weight is 284 g/mol. The zero-order chi connectivity index (χ0) is 15.8. The second-order valence-electron chi connectivity index (χ2n) is 5.38. The number of benzene rings is 2. The van der Waals surface area contributed by atoms with Crippen LogP contribution in [-0.2, 0) is 4.74 Å². The quantitative estimate of drug-likeness (QED) is 0.709. The Labute approximate surface area is 130 Å². The molecule has 0 heterocycles. The van der Waals surface area contributed by atoms with Gasteiger partial charge in [-0.15, -0.1) is 0 Å². The van der Waals surface area contributed by atoms with Crippen LogP contribution < -0.4 is 0 Å². The lowest BCUT2D eigenvalue weighted by Crippen LogP contribution is -1.86. The molecule has 0 aliphatic heterocycles. The highest BCUT2D eigenvalue weighted by Crippen LogP contribution is 2.24. The van der Waals surface area contributed by atoms with Crippen LogP contribution in [-0.4, -0.2) is 13.2 Å².